The molecule has 0 spiro atoms. The van der Waals surface area contributed by atoms with E-state index in [9.17, 15) is 14.7 Å². The van der Waals surface area contributed by atoms with Crippen LogP contribution < -0.4 is 5.32 Å². The molecule has 6 nitrogen and oxygen atoms in total. The second-order valence-corrected chi connectivity index (χ2v) is 8.81. The van der Waals surface area contributed by atoms with Crippen molar-refractivity contribution in [3.05, 3.63) is 69.1 Å². The number of halogens is 3. The maximum atomic E-state index is 15.1. The predicted molar refractivity (Wildman–Crippen MR) is 131 cm³/mol. The molecule has 1 saturated heterocycles. The van der Waals surface area contributed by atoms with E-state index in [1.807, 2.05) is 13.8 Å². The highest BCUT2D eigenvalue weighted by molar-refractivity contribution is 6.45. The van der Waals surface area contributed by atoms with Crippen LogP contribution in [0.25, 0.3) is 10.9 Å². The van der Waals surface area contributed by atoms with Crippen LogP contribution in [0.1, 0.15) is 54.7 Å². The molecule has 34 heavy (non-hydrogen) atoms. The number of carboxylic acids is 1. The highest BCUT2D eigenvalue weighted by Gasteiger charge is 2.41. The molecule has 4 rings (SSSR count). The molecule has 9 heteroatoms. The van der Waals surface area contributed by atoms with E-state index in [4.69, 9.17) is 27.9 Å². The molecule has 2 heterocycles. The maximum Gasteiger partial charge on any atom is 0.310 e. The first-order valence-electron chi connectivity index (χ1n) is 11.0. The van der Waals surface area contributed by atoms with Crippen LogP contribution >= 0.6 is 23.2 Å². The minimum absolute atomic E-state index is 0.0972. The SMILES string of the molecule is CC.CC(C(=O)O)c1ccc(C2(NC(=O)c3cc4c(Cl)c(Cl)ccc4n3C)CCOC2)c(F)c1. The molecule has 1 fully saturated rings. The van der Waals surface area contributed by atoms with E-state index in [-0.39, 0.29) is 12.2 Å². The van der Waals surface area contributed by atoms with Crippen molar-refractivity contribution in [1.29, 1.82) is 0 Å². The number of fused-ring (bicyclic) bond motifs is 1. The third kappa shape index (κ3) is 4.65. The normalized spacial score (nSPS) is 18.3. The molecule has 1 amide bonds. The van der Waals surface area contributed by atoms with Crippen molar-refractivity contribution in [3.63, 3.8) is 0 Å². The molecule has 2 aromatic carbocycles. The minimum Gasteiger partial charge on any atom is -0.481 e. The zero-order valence-electron chi connectivity index (χ0n) is 19.4. The molecular formula is C25H27Cl2FN2O4. The lowest BCUT2D eigenvalue weighted by atomic mass is 9.86. The van der Waals surface area contributed by atoms with Gasteiger partial charge in [0.1, 0.15) is 11.5 Å². The molecule has 0 aliphatic carbocycles. The molecule has 0 bridgehead atoms. The van der Waals surface area contributed by atoms with Crippen LogP contribution in [-0.4, -0.2) is 34.8 Å². The smallest absolute Gasteiger partial charge is 0.310 e. The van der Waals surface area contributed by atoms with Crippen LogP contribution in [-0.2, 0) is 22.1 Å². The van der Waals surface area contributed by atoms with E-state index in [1.54, 1.807) is 35.9 Å². The fraction of sp³-hybridized carbons (Fsp3) is 0.360. The van der Waals surface area contributed by atoms with Crippen molar-refractivity contribution in [2.45, 2.75) is 38.6 Å². The Balaban J connectivity index is 0.00000158. The molecule has 2 N–H and O–H groups in total. The molecule has 1 aliphatic heterocycles. The van der Waals surface area contributed by atoms with E-state index in [0.717, 1.165) is 5.52 Å². The van der Waals surface area contributed by atoms with E-state index < -0.39 is 29.2 Å². The van der Waals surface area contributed by atoms with Gasteiger partial charge in [0.05, 0.1) is 28.1 Å². The Bertz CT molecular complexity index is 1240. The first-order chi connectivity index (χ1) is 16.1. The van der Waals surface area contributed by atoms with Gasteiger partial charge in [-0.05, 0) is 36.8 Å². The number of ether oxygens (including phenoxy) is 1. The summed E-state index contributed by atoms with van der Waals surface area (Å²) in [6.45, 7) is 5.94. The summed E-state index contributed by atoms with van der Waals surface area (Å²) >= 11 is 12.4. The van der Waals surface area contributed by atoms with Crippen LogP contribution in [0.15, 0.2) is 36.4 Å². The number of amides is 1. The Hall–Kier alpha value is -2.61. The van der Waals surface area contributed by atoms with Gasteiger partial charge in [-0.2, -0.15) is 0 Å². The highest BCUT2D eigenvalue weighted by atomic mass is 35.5. The van der Waals surface area contributed by atoms with Crippen molar-refractivity contribution < 1.29 is 23.8 Å². The third-order valence-electron chi connectivity index (χ3n) is 6.10. The number of aromatic nitrogens is 1. The van der Waals surface area contributed by atoms with E-state index >= 15 is 4.39 Å². The topological polar surface area (TPSA) is 80.6 Å². The summed E-state index contributed by atoms with van der Waals surface area (Å²) < 4.78 is 22.4. The number of hydrogen-bond acceptors (Lipinski definition) is 3. The number of aryl methyl sites for hydroxylation is 1. The van der Waals surface area contributed by atoms with Crippen molar-refractivity contribution in [1.82, 2.24) is 9.88 Å². The Morgan fingerprint density at radius 3 is 2.50 bits per heavy atom. The summed E-state index contributed by atoms with van der Waals surface area (Å²) in [5, 5.41) is 13.5. The Morgan fingerprint density at radius 2 is 1.91 bits per heavy atom. The highest BCUT2D eigenvalue weighted by Crippen LogP contribution is 2.36. The second-order valence-electron chi connectivity index (χ2n) is 8.02. The average molecular weight is 509 g/mol. The van der Waals surface area contributed by atoms with E-state index in [2.05, 4.69) is 5.32 Å². The number of nitrogens with one attached hydrogen (secondary N) is 1. The third-order valence-corrected chi connectivity index (χ3v) is 6.92. The summed E-state index contributed by atoms with van der Waals surface area (Å²) in [4.78, 5) is 24.5. The largest absolute Gasteiger partial charge is 0.481 e. The van der Waals surface area contributed by atoms with Gasteiger partial charge in [0.2, 0.25) is 0 Å². The number of rotatable bonds is 5. The van der Waals surface area contributed by atoms with Crippen LogP contribution in [0.3, 0.4) is 0 Å². The van der Waals surface area contributed by atoms with Gasteiger partial charge in [-0.1, -0.05) is 49.2 Å². The monoisotopic (exact) mass is 508 g/mol. The van der Waals surface area contributed by atoms with Crippen LogP contribution in [0.4, 0.5) is 4.39 Å². The quantitative estimate of drug-likeness (QED) is 0.450. The zero-order chi connectivity index (χ0) is 25.2. The average Bonchev–Trinajstić information content (AvgIpc) is 3.42. The van der Waals surface area contributed by atoms with Crippen molar-refractivity contribution in [2.24, 2.45) is 7.05 Å². The fourth-order valence-electron chi connectivity index (χ4n) is 4.12. The number of aliphatic carboxylic acids is 1. The van der Waals surface area contributed by atoms with Crippen molar-refractivity contribution >= 4 is 46.0 Å². The number of carboxylic acid groups (broad SMARTS) is 1. The summed E-state index contributed by atoms with van der Waals surface area (Å²) in [7, 11) is 1.74. The van der Waals surface area contributed by atoms with Crippen molar-refractivity contribution in [3.8, 4) is 0 Å². The molecule has 0 saturated carbocycles. The zero-order valence-corrected chi connectivity index (χ0v) is 20.9. The molecule has 2 atom stereocenters. The fourth-order valence-corrected chi connectivity index (χ4v) is 4.50. The summed E-state index contributed by atoms with van der Waals surface area (Å²) in [5.74, 6) is -2.90. The van der Waals surface area contributed by atoms with Gasteiger partial charge in [0.15, 0.2) is 0 Å². The number of carbonyl (C=O) groups is 2. The lowest BCUT2D eigenvalue weighted by molar-refractivity contribution is -0.138. The van der Waals surface area contributed by atoms with Crippen LogP contribution in [0, 0.1) is 5.82 Å². The Kier molecular flexibility index (Phi) is 7.91. The second kappa shape index (κ2) is 10.3. The van der Waals surface area contributed by atoms with E-state index in [1.165, 1.54) is 19.1 Å². The summed E-state index contributed by atoms with van der Waals surface area (Å²) in [5.41, 5.74) is 0.597. The minimum atomic E-state index is -1.08. The number of nitrogens with zero attached hydrogens (tertiary/aromatic N) is 1. The molecule has 1 aromatic heterocycles. The Morgan fingerprint density at radius 1 is 1.21 bits per heavy atom. The Labute approximate surface area is 207 Å². The van der Waals surface area contributed by atoms with Gasteiger partial charge < -0.3 is 19.7 Å². The van der Waals surface area contributed by atoms with Crippen LogP contribution in [0.5, 0.6) is 0 Å². The lowest BCUT2D eigenvalue weighted by Crippen LogP contribution is -2.47. The number of hydrogen-bond donors (Lipinski definition) is 2. The first-order valence-corrected chi connectivity index (χ1v) is 11.8. The summed E-state index contributed by atoms with van der Waals surface area (Å²) in [6.07, 6.45) is 0.375. The van der Waals surface area contributed by atoms with Gasteiger partial charge in [0, 0.05) is 36.5 Å². The number of carbonyl (C=O) groups excluding carboxylic acids is 1. The number of benzene rings is 2. The molecular weight excluding hydrogens is 482 g/mol. The van der Waals surface area contributed by atoms with Crippen LogP contribution in [0.2, 0.25) is 10.0 Å². The predicted octanol–water partition coefficient (Wildman–Crippen LogP) is 5.88. The van der Waals surface area contributed by atoms with Gasteiger partial charge in [-0.25, -0.2) is 4.39 Å². The van der Waals surface area contributed by atoms with Gasteiger partial charge >= 0.3 is 5.97 Å². The molecule has 1 aliphatic rings. The standard InChI is InChI=1S/C23H21Cl2FN2O4.C2H6/c1-12(22(30)31)13-3-4-15(17(26)9-13)23(7-8-32-11-23)27-21(29)19-10-14-18(28(19)2)6-5-16(24)20(14)25;1-2/h3-6,9-10,12H,7-8,11H2,1-2H3,(H,27,29)(H,30,31);1-2H3. The molecule has 3 aromatic rings. The molecule has 182 valence electrons. The molecule has 0 radical (unpaired) electrons. The van der Waals surface area contributed by atoms with Gasteiger partial charge in [0.25, 0.3) is 5.91 Å². The van der Waals surface area contributed by atoms with Gasteiger partial charge in [-0.3, -0.25) is 9.59 Å². The maximum absolute atomic E-state index is 15.1. The first kappa shape index (κ1) is 26.0. The van der Waals surface area contributed by atoms with Crippen molar-refractivity contribution in [2.75, 3.05) is 13.2 Å². The molecule has 2 unspecified atom stereocenters. The van der Waals surface area contributed by atoms with Gasteiger partial charge in [-0.15, -0.1) is 0 Å². The van der Waals surface area contributed by atoms with E-state index in [0.29, 0.717) is 39.7 Å². The summed E-state index contributed by atoms with van der Waals surface area (Å²) in [6, 6.07) is 9.39. The lowest BCUT2D eigenvalue weighted by Gasteiger charge is -2.30.